The number of hydrogen-bond donors (Lipinski definition) is 1. The first-order valence-electron chi connectivity index (χ1n) is 15.2. The summed E-state index contributed by atoms with van der Waals surface area (Å²) in [6, 6.07) is 10.8. The van der Waals surface area contributed by atoms with Crippen LogP contribution in [0.25, 0.3) is 5.76 Å². The third-order valence-electron chi connectivity index (χ3n) is 7.28. The van der Waals surface area contributed by atoms with Crippen molar-refractivity contribution in [1.82, 2.24) is 4.98 Å². The molecule has 0 aliphatic carbocycles. The van der Waals surface area contributed by atoms with E-state index in [0.29, 0.717) is 47.3 Å². The molecule has 45 heavy (non-hydrogen) atoms. The van der Waals surface area contributed by atoms with Crippen LogP contribution in [0.1, 0.15) is 85.4 Å². The number of hydrogen-bond acceptors (Lipinski definition) is 10. The van der Waals surface area contributed by atoms with Crippen molar-refractivity contribution in [3.63, 3.8) is 0 Å². The monoisotopic (exact) mass is 636 g/mol. The number of aliphatic hydroxyl groups is 1. The molecule has 1 unspecified atom stereocenters. The molecule has 11 heteroatoms. The Hall–Kier alpha value is -4.38. The van der Waals surface area contributed by atoms with E-state index in [0.717, 1.165) is 43.4 Å². The van der Waals surface area contributed by atoms with E-state index in [4.69, 9.17) is 18.9 Å². The van der Waals surface area contributed by atoms with E-state index in [1.165, 1.54) is 12.0 Å². The summed E-state index contributed by atoms with van der Waals surface area (Å²) in [5, 5.41) is 11.8. The Morgan fingerprint density at radius 1 is 0.978 bits per heavy atom. The quantitative estimate of drug-likeness (QED) is 0.0617. The third kappa shape index (κ3) is 7.47. The molecule has 0 saturated carbocycles. The number of nitrogens with zero attached hydrogens (tertiary/aromatic N) is 2. The highest BCUT2D eigenvalue weighted by molar-refractivity contribution is 7.17. The van der Waals surface area contributed by atoms with Crippen LogP contribution in [0.15, 0.2) is 48.0 Å². The molecule has 1 atom stereocenters. The molecular formula is C34H40N2O8S. The van der Waals surface area contributed by atoms with Crippen LogP contribution in [0, 0.1) is 6.92 Å². The zero-order valence-electron chi connectivity index (χ0n) is 26.4. The molecule has 10 nitrogen and oxygen atoms in total. The standard InChI is InChI=1S/C34H40N2O8S/c1-6-9-11-18-44-25-16-15-22(20-26(25)41-5)28-27(29(37)23-13-12-14-24(19-23)43-17-10-7-2)30(38)32(39)36(28)34-35-21(4)31(45-34)33(40)42-8-3/h12-16,19-20,28,37H,6-11,17-18H2,1-5H3/b29-27+. The number of benzene rings is 2. The van der Waals surface area contributed by atoms with E-state index in [9.17, 15) is 19.5 Å². The summed E-state index contributed by atoms with van der Waals surface area (Å²) in [5.41, 5.74) is 1.03. The number of methoxy groups -OCH3 is 1. The summed E-state index contributed by atoms with van der Waals surface area (Å²) < 4.78 is 22.6. The molecule has 3 aromatic rings. The van der Waals surface area contributed by atoms with Crippen LogP contribution in [-0.4, -0.2) is 54.7 Å². The van der Waals surface area contributed by atoms with Crippen molar-refractivity contribution in [2.75, 3.05) is 31.8 Å². The first-order chi connectivity index (χ1) is 21.7. The second-order valence-corrected chi connectivity index (χ2v) is 11.5. The molecule has 0 spiro atoms. The number of carbonyl (C=O) groups excluding carboxylic acids is 3. The number of anilines is 1. The second-order valence-electron chi connectivity index (χ2n) is 10.5. The number of aromatic nitrogens is 1. The number of ether oxygens (including phenoxy) is 4. The summed E-state index contributed by atoms with van der Waals surface area (Å²) in [4.78, 5) is 46.0. The van der Waals surface area contributed by atoms with Gasteiger partial charge in [-0.25, -0.2) is 9.78 Å². The van der Waals surface area contributed by atoms with Crippen LogP contribution in [0.5, 0.6) is 17.2 Å². The number of thiazole rings is 1. The first kappa shape index (κ1) is 33.5. The van der Waals surface area contributed by atoms with Crippen molar-refractivity contribution < 1.29 is 38.4 Å². The van der Waals surface area contributed by atoms with Crippen molar-refractivity contribution in [2.45, 2.75) is 65.8 Å². The van der Waals surface area contributed by atoms with Gasteiger partial charge in [-0.3, -0.25) is 14.5 Å². The van der Waals surface area contributed by atoms with E-state index in [1.807, 2.05) is 0 Å². The maximum atomic E-state index is 13.7. The number of unbranched alkanes of at least 4 members (excludes halogenated alkanes) is 3. The lowest BCUT2D eigenvalue weighted by Crippen LogP contribution is -2.29. The van der Waals surface area contributed by atoms with E-state index < -0.39 is 23.7 Å². The molecule has 0 radical (unpaired) electrons. The minimum Gasteiger partial charge on any atom is -0.507 e. The van der Waals surface area contributed by atoms with Gasteiger partial charge in [0, 0.05) is 5.56 Å². The maximum absolute atomic E-state index is 13.7. The molecule has 1 aromatic heterocycles. The molecule has 0 bridgehead atoms. The molecule has 2 aromatic carbocycles. The number of carbonyl (C=O) groups is 3. The van der Waals surface area contributed by atoms with Gasteiger partial charge in [0.2, 0.25) is 0 Å². The fraction of sp³-hybridized carbons (Fsp3) is 0.412. The number of aliphatic hydroxyl groups excluding tert-OH is 1. The Morgan fingerprint density at radius 3 is 2.44 bits per heavy atom. The van der Waals surface area contributed by atoms with Crippen molar-refractivity contribution in [3.05, 3.63) is 69.7 Å². The minimum absolute atomic E-state index is 0.122. The smallest absolute Gasteiger partial charge is 0.350 e. The van der Waals surface area contributed by atoms with E-state index in [-0.39, 0.29) is 27.9 Å². The van der Waals surface area contributed by atoms with E-state index in [1.54, 1.807) is 56.3 Å². The zero-order chi connectivity index (χ0) is 32.5. The van der Waals surface area contributed by atoms with Crippen molar-refractivity contribution in [3.8, 4) is 17.2 Å². The molecule has 1 N–H and O–H groups in total. The number of ketones is 1. The second kappa shape index (κ2) is 15.6. The van der Waals surface area contributed by atoms with Gasteiger partial charge in [-0.1, -0.05) is 62.6 Å². The molecular weight excluding hydrogens is 596 g/mol. The molecule has 1 amide bonds. The highest BCUT2D eigenvalue weighted by atomic mass is 32.1. The molecule has 2 heterocycles. The number of Topliss-reactive ketones (excluding diaryl/α,β-unsaturated/α-hetero) is 1. The van der Waals surface area contributed by atoms with Gasteiger partial charge in [0.25, 0.3) is 5.78 Å². The number of esters is 1. The van der Waals surface area contributed by atoms with Gasteiger partial charge in [-0.15, -0.1) is 0 Å². The highest BCUT2D eigenvalue weighted by Crippen LogP contribution is 2.45. The Labute approximate surface area is 267 Å². The molecule has 4 rings (SSSR count). The summed E-state index contributed by atoms with van der Waals surface area (Å²) in [6.45, 7) is 8.69. The number of rotatable bonds is 15. The van der Waals surface area contributed by atoms with Crippen LogP contribution in [-0.2, 0) is 14.3 Å². The fourth-order valence-electron chi connectivity index (χ4n) is 4.95. The van der Waals surface area contributed by atoms with Gasteiger partial charge < -0.3 is 24.1 Å². The zero-order valence-corrected chi connectivity index (χ0v) is 27.2. The van der Waals surface area contributed by atoms with Crippen molar-refractivity contribution in [1.29, 1.82) is 0 Å². The lowest BCUT2D eigenvalue weighted by Gasteiger charge is -2.24. The minimum atomic E-state index is -1.08. The van der Waals surface area contributed by atoms with E-state index in [2.05, 4.69) is 18.8 Å². The average Bonchev–Trinajstić information content (AvgIpc) is 3.55. The largest absolute Gasteiger partial charge is 0.507 e. The van der Waals surface area contributed by atoms with Crippen molar-refractivity contribution in [2.24, 2.45) is 0 Å². The van der Waals surface area contributed by atoms with Gasteiger partial charge in [0.15, 0.2) is 16.6 Å². The van der Waals surface area contributed by atoms with Gasteiger partial charge in [0.05, 0.1) is 44.2 Å². The van der Waals surface area contributed by atoms with Crippen LogP contribution >= 0.6 is 11.3 Å². The lowest BCUT2D eigenvalue weighted by molar-refractivity contribution is -0.132. The van der Waals surface area contributed by atoms with Crippen LogP contribution < -0.4 is 19.1 Å². The summed E-state index contributed by atoms with van der Waals surface area (Å²) in [7, 11) is 1.51. The molecule has 240 valence electrons. The summed E-state index contributed by atoms with van der Waals surface area (Å²) >= 11 is 0.948. The van der Waals surface area contributed by atoms with Crippen LogP contribution in [0.3, 0.4) is 0 Å². The average molecular weight is 637 g/mol. The Kier molecular flexibility index (Phi) is 11.6. The van der Waals surface area contributed by atoms with E-state index >= 15 is 0 Å². The molecule has 1 aliphatic rings. The molecule has 1 saturated heterocycles. The number of aryl methyl sites for hydroxylation is 1. The predicted molar refractivity (Wildman–Crippen MR) is 172 cm³/mol. The topological polar surface area (TPSA) is 124 Å². The normalized spacial score (nSPS) is 15.8. The van der Waals surface area contributed by atoms with Gasteiger partial charge >= 0.3 is 11.9 Å². The van der Waals surface area contributed by atoms with Gasteiger partial charge in [0.1, 0.15) is 16.4 Å². The lowest BCUT2D eigenvalue weighted by atomic mass is 9.95. The Balaban J connectivity index is 1.85. The van der Waals surface area contributed by atoms with Crippen LogP contribution in [0.4, 0.5) is 5.13 Å². The molecule has 1 fully saturated rings. The summed E-state index contributed by atoms with van der Waals surface area (Å²) in [5.74, 6) is -1.26. The first-order valence-corrected chi connectivity index (χ1v) is 16.1. The van der Waals surface area contributed by atoms with Crippen LogP contribution in [0.2, 0.25) is 0 Å². The Morgan fingerprint density at radius 2 is 1.73 bits per heavy atom. The number of amides is 1. The Bertz CT molecular complexity index is 1560. The maximum Gasteiger partial charge on any atom is 0.350 e. The SMILES string of the molecule is CCCCCOc1ccc(C2/C(=C(\O)c3cccc(OCCCC)c3)C(=O)C(=O)N2c2nc(C)c(C(=O)OCC)s2)cc1OC. The third-order valence-corrected chi connectivity index (χ3v) is 8.42. The van der Waals surface area contributed by atoms with Gasteiger partial charge in [-0.05, 0) is 56.5 Å². The van der Waals surface area contributed by atoms with Gasteiger partial charge in [-0.2, -0.15) is 0 Å². The molecule has 1 aliphatic heterocycles. The predicted octanol–water partition coefficient (Wildman–Crippen LogP) is 7.01. The fourth-order valence-corrected chi connectivity index (χ4v) is 5.93. The highest BCUT2D eigenvalue weighted by Gasteiger charge is 2.48. The van der Waals surface area contributed by atoms with Crippen molar-refractivity contribution >= 4 is 39.9 Å². The summed E-state index contributed by atoms with van der Waals surface area (Å²) in [6.07, 6.45) is 4.79.